The van der Waals surface area contributed by atoms with Crippen LogP contribution in [0.1, 0.15) is 20.3 Å². The lowest BCUT2D eigenvalue weighted by atomic mass is 10.2. The molecule has 1 aliphatic rings. The minimum Gasteiger partial charge on any atom is -0.341 e. The third-order valence-electron chi connectivity index (χ3n) is 5.61. The summed E-state index contributed by atoms with van der Waals surface area (Å²) in [5.41, 5.74) is 1.55. The van der Waals surface area contributed by atoms with Gasteiger partial charge < -0.3 is 9.80 Å². The Morgan fingerprint density at radius 2 is 2.00 bits per heavy atom. The first-order chi connectivity index (χ1) is 15.0. The molecule has 1 saturated heterocycles. The Morgan fingerprint density at radius 1 is 1.13 bits per heavy atom. The lowest BCUT2D eigenvalue weighted by molar-refractivity contribution is -0.134. The van der Waals surface area contributed by atoms with Gasteiger partial charge in [0.2, 0.25) is 11.9 Å². The number of hydrogen-bond acceptors (Lipinski definition) is 6. The second-order valence-electron chi connectivity index (χ2n) is 8.05. The number of halogens is 1. The maximum Gasteiger partial charge on any atom is 0.225 e. The van der Waals surface area contributed by atoms with Gasteiger partial charge in [0.25, 0.3) is 0 Å². The summed E-state index contributed by atoms with van der Waals surface area (Å²) in [6.45, 7) is 6.84. The van der Waals surface area contributed by atoms with E-state index in [2.05, 4.69) is 15.1 Å². The van der Waals surface area contributed by atoms with Gasteiger partial charge in [-0.25, -0.2) is 9.38 Å². The smallest absolute Gasteiger partial charge is 0.225 e. The minimum atomic E-state index is 0.00229. The van der Waals surface area contributed by atoms with Gasteiger partial charge in [-0.3, -0.25) is 4.79 Å². The van der Waals surface area contributed by atoms with E-state index in [1.807, 2.05) is 58.9 Å². The van der Waals surface area contributed by atoms with Crippen LogP contribution in [0, 0.1) is 5.92 Å². The van der Waals surface area contributed by atoms with E-state index in [0.717, 1.165) is 52.7 Å². The summed E-state index contributed by atoms with van der Waals surface area (Å²) in [4.78, 5) is 22.8. The number of fused-ring (bicyclic) bond motifs is 3. The summed E-state index contributed by atoms with van der Waals surface area (Å²) in [6, 6.07) is 9.72. The molecule has 0 saturated carbocycles. The molecule has 7 nitrogen and oxygen atoms in total. The highest BCUT2D eigenvalue weighted by molar-refractivity contribution is 7.13. The summed E-state index contributed by atoms with van der Waals surface area (Å²) >= 11 is 7.89. The van der Waals surface area contributed by atoms with Gasteiger partial charge >= 0.3 is 0 Å². The maximum atomic E-state index is 12.5. The van der Waals surface area contributed by atoms with E-state index in [1.165, 1.54) is 0 Å². The monoisotopic (exact) mass is 454 g/mol. The van der Waals surface area contributed by atoms with Crippen molar-refractivity contribution in [1.82, 2.24) is 24.5 Å². The predicted octanol–water partition coefficient (Wildman–Crippen LogP) is 4.35. The van der Waals surface area contributed by atoms with Gasteiger partial charge in [-0.15, -0.1) is 21.5 Å². The molecule has 0 bridgehead atoms. The summed E-state index contributed by atoms with van der Waals surface area (Å²) in [7, 11) is 0. The number of benzene rings is 1. The van der Waals surface area contributed by atoms with Crippen molar-refractivity contribution < 1.29 is 4.79 Å². The molecule has 5 rings (SSSR count). The molecular formula is C22H23ClN6OS. The van der Waals surface area contributed by atoms with E-state index in [1.54, 1.807) is 11.3 Å². The molecular weight excluding hydrogens is 432 g/mol. The fraction of sp³-hybridized carbons (Fsp3) is 0.364. The van der Waals surface area contributed by atoms with Crippen LogP contribution in [-0.2, 0) is 4.79 Å². The van der Waals surface area contributed by atoms with Gasteiger partial charge in [0, 0.05) is 42.5 Å². The van der Waals surface area contributed by atoms with E-state index >= 15 is 0 Å². The quantitative estimate of drug-likeness (QED) is 0.460. The molecule has 0 atom stereocenters. The Labute approximate surface area is 189 Å². The molecule has 0 unspecified atom stereocenters. The third kappa shape index (κ3) is 3.64. The molecule has 1 amide bonds. The molecule has 0 N–H and O–H groups in total. The van der Waals surface area contributed by atoms with E-state index in [0.29, 0.717) is 18.1 Å². The van der Waals surface area contributed by atoms with Gasteiger partial charge in [0.05, 0.1) is 10.4 Å². The van der Waals surface area contributed by atoms with Crippen LogP contribution in [0.2, 0.25) is 5.02 Å². The van der Waals surface area contributed by atoms with Crippen LogP contribution in [0.15, 0.2) is 35.7 Å². The zero-order valence-electron chi connectivity index (χ0n) is 17.5. The standard InChI is InChI=1S/C22H23ClN6OS/c1-14(2)21(30)27-8-4-9-28(11-10-27)22-24-17-13-15(23)6-7-16(17)19-25-26-20(29(19)22)18-5-3-12-31-18/h3,5-7,12-14H,4,8-11H2,1-2H3. The average molecular weight is 455 g/mol. The Morgan fingerprint density at radius 3 is 2.77 bits per heavy atom. The largest absolute Gasteiger partial charge is 0.341 e. The number of carbonyl (C=O) groups excluding carboxylic acids is 1. The summed E-state index contributed by atoms with van der Waals surface area (Å²) < 4.78 is 2.04. The fourth-order valence-corrected chi connectivity index (χ4v) is 4.94. The highest BCUT2D eigenvalue weighted by Gasteiger charge is 2.25. The SMILES string of the molecule is CC(C)C(=O)N1CCCN(c2nc3cc(Cl)ccc3c3nnc(-c4cccs4)n23)CC1. The van der Waals surface area contributed by atoms with Gasteiger partial charge in [-0.1, -0.05) is 31.5 Å². The number of nitrogens with zero attached hydrogens (tertiary/aromatic N) is 6. The van der Waals surface area contributed by atoms with Crippen molar-refractivity contribution in [3.8, 4) is 10.7 Å². The van der Waals surface area contributed by atoms with E-state index in [4.69, 9.17) is 16.6 Å². The molecule has 4 heterocycles. The highest BCUT2D eigenvalue weighted by atomic mass is 35.5. The second-order valence-corrected chi connectivity index (χ2v) is 9.44. The van der Waals surface area contributed by atoms with Crippen LogP contribution in [0.4, 0.5) is 5.95 Å². The van der Waals surface area contributed by atoms with E-state index < -0.39 is 0 Å². The molecule has 4 aromatic rings. The molecule has 1 aromatic carbocycles. The molecule has 0 radical (unpaired) electrons. The van der Waals surface area contributed by atoms with Crippen LogP contribution in [-0.4, -0.2) is 56.6 Å². The van der Waals surface area contributed by atoms with Crippen molar-refractivity contribution in [3.63, 3.8) is 0 Å². The third-order valence-corrected chi connectivity index (χ3v) is 6.71. The Balaban J connectivity index is 1.64. The summed E-state index contributed by atoms with van der Waals surface area (Å²) in [6.07, 6.45) is 0.881. The topological polar surface area (TPSA) is 66.6 Å². The van der Waals surface area contributed by atoms with Gasteiger partial charge in [0.1, 0.15) is 0 Å². The number of amides is 1. The number of aromatic nitrogens is 4. The predicted molar refractivity (Wildman–Crippen MR) is 125 cm³/mol. The molecule has 1 aliphatic heterocycles. The zero-order chi connectivity index (χ0) is 21.5. The number of thiophene rings is 1. The first-order valence-corrected chi connectivity index (χ1v) is 11.7. The Bertz CT molecular complexity index is 1250. The van der Waals surface area contributed by atoms with Crippen molar-refractivity contribution in [1.29, 1.82) is 0 Å². The minimum absolute atomic E-state index is 0.00229. The van der Waals surface area contributed by atoms with Crippen molar-refractivity contribution in [2.75, 3.05) is 31.1 Å². The van der Waals surface area contributed by atoms with Crippen molar-refractivity contribution >= 4 is 51.3 Å². The fourth-order valence-electron chi connectivity index (χ4n) is 4.07. The normalized spacial score (nSPS) is 15.2. The van der Waals surface area contributed by atoms with Crippen LogP contribution < -0.4 is 4.90 Å². The maximum absolute atomic E-state index is 12.5. The number of hydrogen-bond donors (Lipinski definition) is 0. The van der Waals surface area contributed by atoms with Crippen LogP contribution in [0.3, 0.4) is 0 Å². The van der Waals surface area contributed by atoms with Gasteiger partial charge in [0.15, 0.2) is 11.5 Å². The first-order valence-electron chi connectivity index (χ1n) is 10.4. The van der Waals surface area contributed by atoms with Crippen molar-refractivity contribution in [2.45, 2.75) is 20.3 Å². The van der Waals surface area contributed by atoms with Crippen LogP contribution in [0.25, 0.3) is 27.3 Å². The van der Waals surface area contributed by atoms with E-state index in [-0.39, 0.29) is 11.8 Å². The zero-order valence-corrected chi connectivity index (χ0v) is 19.0. The molecule has 9 heteroatoms. The average Bonchev–Trinajstić information content (AvgIpc) is 3.37. The number of carbonyl (C=O) groups is 1. The Hall–Kier alpha value is -2.71. The van der Waals surface area contributed by atoms with Crippen molar-refractivity contribution in [3.05, 3.63) is 40.7 Å². The highest BCUT2D eigenvalue weighted by Crippen LogP contribution is 2.31. The summed E-state index contributed by atoms with van der Waals surface area (Å²) in [5.74, 6) is 1.78. The van der Waals surface area contributed by atoms with Crippen molar-refractivity contribution in [2.24, 2.45) is 5.92 Å². The lowest BCUT2D eigenvalue weighted by Gasteiger charge is -2.25. The molecule has 1 fully saturated rings. The van der Waals surface area contributed by atoms with E-state index in [9.17, 15) is 4.79 Å². The van der Waals surface area contributed by atoms with Crippen LogP contribution >= 0.6 is 22.9 Å². The number of anilines is 1. The number of rotatable bonds is 3. The first kappa shape index (κ1) is 20.2. The Kier molecular flexibility index (Phi) is 5.27. The molecule has 31 heavy (non-hydrogen) atoms. The second kappa shape index (κ2) is 8.09. The van der Waals surface area contributed by atoms with Gasteiger partial charge in [-0.2, -0.15) is 0 Å². The summed E-state index contributed by atoms with van der Waals surface area (Å²) in [5, 5.41) is 12.6. The molecule has 160 valence electrons. The molecule has 3 aromatic heterocycles. The van der Waals surface area contributed by atoms with Crippen LogP contribution in [0.5, 0.6) is 0 Å². The van der Waals surface area contributed by atoms with Gasteiger partial charge in [-0.05, 0) is 36.1 Å². The lowest BCUT2D eigenvalue weighted by Crippen LogP contribution is -2.38. The molecule has 0 spiro atoms. The molecule has 0 aliphatic carbocycles.